The van der Waals surface area contributed by atoms with Gasteiger partial charge in [-0.3, -0.25) is 4.90 Å². The number of likely N-dealkylation sites (N-methyl/N-ethyl adjacent to an activating group) is 1. The molecule has 1 aromatic heterocycles. The molecule has 0 fully saturated rings. The summed E-state index contributed by atoms with van der Waals surface area (Å²) < 4.78 is 46.4. The van der Waals surface area contributed by atoms with Crippen molar-refractivity contribution in [2.45, 2.75) is 19.6 Å². The summed E-state index contributed by atoms with van der Waals surface area (Å²) in [7, 11) is 1.65. The summed E-state index contributed by atoms with van der Waals surface area (Å²) in [6, 6.07) is 0. The number of hydrogen-bond donors (Lipinski definition) is 1. The van der Waals surface area contributed by atoms with Crippen LogP contribution in [0.5, 0.6) is 0 Å². The van der Waals surface area contributed by atoms with Gasteiger partial charge in [0.2, 0.25) is 0 Å². The second-order valence-corrected chi connectivity index (χ2v) is 3.86. The summed E-state index contributed by atoms with van der Waals surface area (Å²) in [6.07, 6.45) is -4.30. The van der Waals surface area contributed by atoms with E-state index in [0.717, 1.165) is 4.90 Å². The lowest BCUT2D eigenvalue weighted by Gasteiger charge is -2.22. The summed E-state index contributed by atoms with van der Waals surface area (Å²) in [5.74, 6) is -0.569. The average molecular weight is 268 g/mol. The maximum absolute atomic E-state index is 12.4. The van der Waals surface area contributed by atoms with Gasteiger partial charge in [-0.05, 0) is 14.0 Å². The van der Waals surface area contributed by atoms with E-state index >= 15 is 0 Å². The smallest absolute Gasteiger partial charge is 0.396 e. The third kappa shape index (κ3) is 4.92. The molecule has 1 heterocycles. The van der Waals surface area contributed by atoms with Crippen molar-refractivity contribution in [3.8, 4) is 0 Å². The molecule has 1 rings (SSSR count). The zero-order valence-corrected chi connectivity index (χ0v) is 10.1. The Balaban J connectivity index is 2.71. The van der Waals surface area contributed by atoms with Gasteiger partial charge in [0.1, 0.15) is 5.76 Å². The molecule has 0 atom stereocenters. The molecular formula is C10H15F3N2O3. The van der Waals surface area contributed by atoms with Crippen LogP contribution < -0.4 is 11.1 Å². The lowest BCUT2D eigenvalue weighted by Crippen LogP contribution is -2.37. The van der Waals surface area contributed by atoms with E-state index in [9.17, 15) is 18.0 Å². The van der Waals surface area contributed by atoms with Gasteiger partial charge < -0.3 is 14.2 Å². The monoisotopic (exact) mass is 268 g/mol. The van der Waals surface area contributed by atoms with E-state index in [2.05, 4.69) is 14.2 Å². The Hall–Kier alpha value is -1.28. The van der Waals surface area contributed by atoms with E-state index in [1.54, 1.807) is 7.05 Å². The summed E-state index contributed by atoms with van der Waals surface area (Å²) in [4.78, 5) is 11.9. The molecule has 18 heavy (non-hydrogen) atoms. The van der Waals surface area contributed by atoms with Crippen molar-refractivity contribution in [1.29, 1.82) is 0 Å². The van der Waals surface area contributed by atoms with Crippen LogP contribution in [-0.4, -0.2) is 37.8 Å². The van der Waals surface area contributed by atoms with Gasteiger partial charge in [0, 0.05) is 13.1 Å². The maximum atomic E-state index is 12.4. The van der Waals surface area contributed by atoms with Crippen molar-refractivity contribution >= 4 is 0 Å². The van der Waals surface area contributed by atoms with Gasteiger partial charge >= 0.3 is 12.0 Å². The van der Waals surface area contributed by atoms with Crippen molar-refractivity contribution < 1.29 is 22.0 Å². The molecule has 0 radical (unpaired) electrons. The molecule has 0 amide bonds. The highest BCUT2D eigenvalue weighted by atomic mass is 19.4. The van der Waals surface area contributed by atoms with Gasteiger partial charge in [0.25, 0.3) is 0 Å². The van der Waals surface area contributed by atoms with Crippen molar-refractivity contribution in [1.82, 2.24) is 10.2 Å². The first-order valence-electron chi connectivity index (χ1n) is 5.35. The Morgan fingerprint density at radius 2 is 2.00 bits per heavy atom. The van der Waals surface area contributed by atoms with E-state index in [1.807, 2.05) is 0 Å². The Bertz CT molecular complexity index is 425. The summed E-state index contributed by atoms with van der Waals surface area (Å²) >= 11 is 0. The minimum atomic E-state index is -4.30. The van der Waals surface area contributed by atoms with Crippen LogP contribution in [0.15, 0.2) is 13.6 Å². The molecule has 5 nitrogen and oxygen atoms in total. The lowest BCUT2D eigenvalue weighted by atomic mass is 10.3. The van der Waals surface area contributed by atoms with Crippen molar-refractivity contribution in [3.05, 3.63) is 22.1 Å². The van der Waals surface area contributed by atoms with Gasteiger partial charge in [-0.1, -0.05) is 0 Å². The Morgan fingerprint density at radius 3 is 2.44 bits per heavy atom. The highest BCUT2D eigenvalue weighted by Crippen LogP contribution is 2.18. The van der Waals surface area contributed by atoms with Crippen LogP contribution in [0.3, 0.4) is 0 Å². The maximum Gasteiger partial charge on any atom is 0.519 e. The van der Waals surface area contributed by atoms with Crippen LogP contribution in [0, 0.1) is 6.92 Å². The molecule has 0 aliphatic heterocycles. The predicted octanol–water partition coefficient (Wildman–Crippen LogP) is 1.12. The molecule has 0 saturated heterocycles. The van der Waals surface area contributed by atoms with E-state index in [1.165, 1.54) is 6.92 Å². The number of hydrogen-bond acceptors (Lipinski definition) is 5. The van der Waals surface area contributed by atoms with Crippen LogP contribution in [-0.2, 0) is 6.54 Å². The number of rotatable bonds is 6. The minimum Gasteiger partial charge on any atom is -0.396 e. The van der Waals surface area contributed by atoms with Gasteiger partial charge in [-0.25, -0.2) is 4.79 Å². The molecule has 1 aromatic rings. The predicted molar refractivity (Wildman–Crippen MR) is 57.2 cm³/mol. The third-order valence-corrected chi connectivity index (χ3v) is 2.28. The van der Waals surface area contributed by atoms with Crippen LogP contribution in [0.4, 0.5) is 13.2 Å². The molecule has 104 valence electrons. The topological polar surface area (TPSA) is 58.6 Å². The highest BCUT2D eigenvalue weighted by Gasteiger charge is 2.31. The minimum absolute atomic E-state index is 0.112. The average Bonchev–Trinajstić information content (AvgIpc) is 2.52. The zero-order valence-electron chi connectivity index (χ0n) is 10.1. The first kappa shape index (κ1) is 14.8. The number of nitrogens with zero attached hydrogens (tertiary/aromatic N) is 1. The molecule has 8 heteroatoms. The summed E-state index contributed by atoms with van der Waals surface area (Å²) in [5.41, 5.74) is 0. The Morgan fingerprint density at radius 1 is 1.33 bits per heavy atom. The number of nitrogens with one attached hydrogen (secondary N) is 1. The Labute approximate surface area is 102 Å². The second kappa shape index (κ2) is 6.05. The molecule has 0 aromatic carbocycles. The number of halogens is 3. The van der Waals surface area contributed by atoms with Crippen LogP contribution in [0.2, 0.25) is 0 Å². The SMILES string of the molecule is CNCCN(Cc1oc(=O)oc1C)CC(F)(F)F. The molecular weight excluding hydrogens is 253 g/mol. The van der Waals surface area contributed by atoms with Crippen LogP contribution >= 0.6 is 0 Å². The number of aryl methyl sites for hydroxylation is 1. The largest absolute Gasteiger partial charge is 0.519 e. The van der Waals surface area contributed by atoms with Crippen LogP contribution in [0.25, 0.3) is 0 Å². The normalized spacial score (nSPS) is 12.3. The van der Waals surface area contributed by atoms with E-state index < -0.39 is 18.5 Å². The molecule has 0 bridgehead atoms. The third-order valence-electron chi connectivity index (χ3n) is 2.28. The molecule has 0 aliphatic carbocycles. The van der Waals surface area contributed by atoms with Crippen molar-refractivity contribution in [3.63, 3.8) is 0 Å². The fourth-order valence-corrected chi connectivity index (χ4v) is 1.46. The van der Waals surface area contributed by atoms with Crippen molar-refractivity contribution in [2.75, 3.05) is 26.7 Å². The molecule has 0 aliphatic rings. The molecule has 0 saturated carbocycles. The van der Waals surface area contributed by atoms with Gasteiger partial charge in [-0.15, -0.1) is 0 Å². The lowest BCUT2D eigenvalue weighted by molar-refractivity contribution is -0.147. The van der Waals surface area contributed by atoms with Crippen LogP contribution in [0.1, 0.15) is 11.5 Å². The van der Waals surface area contributed by atoms with Gasteiger partial charge in [0.15, 0.2) is 5.76 Å². The fraction of sp³-hybridized carbons (Fsp3) is 0.700. The zero-order chi connectivity index (χ0) is 13.8. The summed E-state index contributed by atoms with van der Waals surface area (Å²) in [5, 5.41) is 2.76. The molecule has 0 spiro atoms. The molecule has 0 unspecified atom stereocenters. The van der Waals surface area contributed by atoms with E-state index in [4.69, 9.17) is 0 Å². The van der Waals surface area contributed by atoms with Gasteiger partial charge in [-0.2, -0.15) is 13.2 Å². The highest BCUT2D eigenvalue weighted by molar-refractivity contribution is 5.00. The quantitative estimate of drug-likeness (QED) is 0.838. The Kier molecular flexibility index (Phi) is 4.97. The second-order valence-electron chi connectivity index (χ2n) is 3.86. The number of alkyl halides is 3. The fourth-order valence-electron chi connectivity index (χ4n) is 1.46. The first-order valence-corrected chi connectivity index (χ1v) is 5.35. The van der Waals surface area contributed by atoms with E-state index in [-0.39, 0.29) is 24.6 Å². The standard InChI is InChI=1S/C10H15F3N2O3/c1-7-8(18-9(16)17-7)5-15(4-3-14-2)6-10(11,12)13/h14H,3-6H2,1-2H3. The first-order chi connectivity index (χ1) is 8.31. The van der Waals surface area contributed by atoms with E-state index in [0.29, 0.717) is 6.54 Å². The van der Waals surface area contributed by atoms with Gasteiger partial charge in [0.05, 0.1) is 13.1 Å². The van der Waals surface area contributed by atoms with Crippen molar-refractivity contribution in [2.24, 2.45) is 0 Å². The summed E-state index contributed by atoms with van der Waals surface area (Å²) in [6.45, 7) is 0.882. The molecule has 1 N–H and O–H groups in total.